The van der Waals surface area contributed by atoms with E-state index in [-0.39, 0.29) is 5.41 Å². The Labute approximate surface area is 145 Å². The highest BCUT2D eigenvalue weighted by molar-refractivity contribution is 5.20. The summed E-state index contributed by atoms with van der Waals surface area (Å²) in [7, 11) is 0. The van der Waals surface area contributed by atoms with Crippen LogP contribution in [0.3, 0.4) is 0 Å². The molecule has 0 amide bonds. The molecule has 0 aliphatic carbocycles. The summed E-state index contributed by atoms with van der Waals surface area (Å²) in [6.45, 7) is 6.49. The van der Waals surface area contributed by atoms with Gasteiger partial charge in [-0.05, 0) is 31.2 Å². The molecule has 4 heteroatoms. The number of rotatable bonds is 6. The van der Waals surface area contributed by atoms with Crippen LogP contribution in [0.4, 0.5) is 0 Å². The maximum Gasteiger partial charge on any atom is 0.0594 e. The fourth-order valence-electron chi connectivity index (χ4n) is 5.26. The third-order valence-corrected chi connectivity index (χ3v) is 6.48. The van der Waals surface area contributed by atoms with E-state index in [0.717, 1.165) is 52.2 Å². The maximum absolute atomic E-state index is 10.3. The lowest BCUT2D eigenvalue weighted by Gasteiger charge is -2.37. The van der Waals surface area contributed by atoms with Crippen molar-refractivity contribution in [1.29, 1.82) is 0 Å². The van der Waals surface area contributed by atoms with Gasteiger partial charge in [0.15, 0.2) is 0 Å². The second kappa shape index (κ2) is 7.12. The lowest BCUT2D eigenvalue weighted by atomic mass is 9.70. The van der Waals surface area contributed by atoms with Crippen LogP contribution in [0.2, 0.25) is 0 Å². The fourth-order valence-corrected chi connectivity index (χ4v) is 5.26. The van der Waals surface area contributed by atoms with E-state index in [1.165, 1.54) is 18.4 Å². The number of hydrogen-bond donors (Lipinski definition) is 1. The van der Waals surface area contributed by atoms with Gasteiger partial charge in [-0.2, -0.15) is 0 Å². The first-order valence-electron chi connectivity index (χ1n) is 9.51. The van der Waals surface area contributed by atoms with Gasteiger partial charge in [-0.15, -0.1) is 0 Å². The zero-order valence-electron chi connectivity index (χ0n) is 14.6. The van der Waals surface area contributed by atoms with Gasteiger partial charge in [0.25, 0.3) is 0 Å². The van der Waals surface area contributed by atoms with Crippen LogP contribution in [0.1, 0.15) is 24.8 Å². The molecule has 0 unspecified atom stereocenters. The lowest BCUT2D eigenvalue weighted by Crippen LogP contribution is -2.45. The topological polar surface area (TPSA) is 35.9 Å². The summed E-state index contributed by atoms with van der Waals surface area (Å²) in [6, 6.07) is 11.9. The molecule has 4 rings (SSSR count). The van der Waals surface area contributed by atoms with Crippen molar-refractivity contribution in [3.63, 3.8) is 0 Å². The van der Waals surface area contributed by atoms with Crippen LogP contribution in [0, 0.1) is 5.41 Å². The van der Waals surface area contributed by atoms with Crippen molar-refractivity contribution in [3.05, 3.63) is 35.9 Å². The average Bonchev–Trinajstić information content (AvgIpc) is 3.16. The Bertz CT molecular complexity index is 532. The molecule has 3 saturated heterocycles. The van der Waals surface area contributed by atoms with Gasteiger partial charge in [0, 0.05) is 43.7 Å². The van der Waals surface area contributed by atoms with E-state index in [4.69, 9.17) is 4.74 Å². The minimum atomic E-state index is 0.0648. The molecular weight excluding hydrogens is 300 g/mol. The fraction of sp³-hybridized carbons (Fsp3) is 0.700. The van der Waals surface area contributed by atoms with Gasteiger partial charge in [-0.1, -0.05) is 30.3 Å². The van der Waals surface area contributed by atoms with E-state index >= 15 is 0 Å². The maximum atomic E-state index is 10.3. The highest BCUT2D eigenvalue weighted by atomic mass is 16.5. The molecule has 0 saturated carbocycles. The minimum Gasteiger partial charge on any atom is -0.396 e. The quantitative estimate of drug-likeness (QED) is 0.862. The molecule has 3 heterocycles. The van der Waals surface area contributed by atoms with E-state index in [0.29, 0.717) is 18.7 Å². The first-order valence-corrected chi connectivity index (χ1v) is 9.51. The molecule has 0 aromatic heterocycles. The Hall–Kier alpha value is -0.940. The van der Waals surface area contributed by atoms with Crippen LogP contribution in [-0.4, -0.2) is 73.0 Å². The van der Waals surface area contributed by atoms with Crippen molar-refractivity contribution in [1.82, 2.24) is 9.80 Å². The molecule has 24 heavy (non-hydrogen) atoms. The van der Waals surface area contributed by atoms with E-state index < -0.39 is 0 Å². The number of fused-ring (bicyclic) bond motifs is 2. The standard InChI is InChI=1S/C20H30N2O2/c23-16-20(14-17-4-2-1-3-5-17)15-18-6-7-19(20)22(18)9-8-21-10-12-24-13-11-21/h1-5,18-19,23H,6-16H2/t18-,19+,20-/m1/s1. The highest BCUT2D eigenvalue weighted by Gasteiger charge is 2.55. The molecule has 0 radical (unpaired) electrons. The Morgan fingerprint density at radius 2 is 1.88 bits per heavy atom. The Morgan fingerprint density at radius 3 is 2.62 bits per heavy atom. The number of aliphatic hydroxyl groups is 1. The first-order chi connectivity index (χ1) is 11.8. The highest BCUT2D eigenvalue weighted by Crippen LogP contribution is 2.51. The molecule has 0 spiro atoms. The smallest absolute Gasteiger partial charge is 0.0594 e. The van der Waals surface area contributed by atoms with Gasteiger partial charge in [0.1, 0.15) is 0 Å². The molecular formula is C20H30N2O2. The van der Waals surface area contributed by atoms with Crippen molar-refractivity contribution in [2.75, 3.05) is 46.0 Å². The molecule has 1 aromatic rings. The number of morpholine rings is 1. The van der Waals surface area contributed by atoms with E-state index in [1.54, 1.807) is 0 Å². The summed E-state index contributed by atoms with van der Waals surface area (Å²) in [6.07, 6.45) is 4.73. The molecule has 3 atom stereocenters. The number of nitrogens with zero attached hydrogens (tertiary/aromatic N) is 2. The summed E-state index contributed by atoms with van der Waals surface area (Å²) in [5, 5.41) is 10.3. The van der Waals surface area contributed by atoms with Crippen LogP contribution in [0.25, 0.3) is 0 Å². The molecule has 4 nitrogen and oxygen atoms in total. The second-order valence-electron chi connectivity index (χ2n) is 7.83. The summed E-state index contributed by atoms with van der Waals surface area (Å²) < 4.78 is 5.45. The van der Waals surface area contributed by atoms with Crippen LogP contribution >= 0.6 is 0 Å². The van der Waals surface area contributed by atoms with Crippen molar-refractivity contribution < 1.29 is 9.84 Å². The summed E-state index contributed by atoms with van der Waals surface area (Å²) in [5.74, 6) is 0. The van der Waals surface area contributed by atoms with Crippen molar-refractivity contribution in [2.24, 2.45) is 5.41 Å². The molecule has 132 valence electrons. The SMILES string of the molecule is OC[C@@]1(Cc2ccccc2)C[C@H]2CC[C@@H]1N2CCN1CCOCC1. The number of aliphatic hydroxyl groups excluding tert-OH is 1. The molecule has 1 aromatic carbocycles. The zero-order valence-corrected chi connectivity index (χ0v) is 14.6. The monoisotopic (exact) mass is 330 g/mol. The zero-order chi connectivity index (χ0) is 16.4. The van der Waals surface area contributed by atoms with E-state index in [1.807, 2.05) is 0 Å². The number of benzene rings is 1. The van der Waals surface area contributed by atoms with E-state index in [2.05, 4.69) is 40.1 Å². The Kier molecular flexibility index (Phi) is 4.90. The van der Waals surface area contributed by atoms with Crippen LogP contribution in [0.15, 0.2) is 30.3 Å². The van der Waals surface area contributed by atoms with Gasteiger partial charge >= 0.3 is 0 Å². The molecule has 1 N–H and O–H groups in total. The third-order valence-electron chi connectivity index (χ3n) is 6.48. The van der Waals surface area contributed by atoms with Gasteiger partial charge in [-0.25, -0.2) is 0 Å². The summed E-state index contributed by atoms with van der Waals surface area (Å²) >= 11 is 0. The van der Waals surface area contributed by atoms with Gasteiger partial charge < -0.3 is 9.84 Å². The molecule has 2 bridgehead atoms. The number of ether oxygens (including phenoxy) is 1. The van der Waals surface area contributed by atoms with Crippen molar-refractivity contribution in [3.8, 4) is 0 Å². The summed E-state index contributed by atoms with van der Waals surface area (Å²) in [5.41, 5.74) is 1.43. The predicted octanol–water partition coefficient (Wildman–Crippen LogP) is 1.78. The normalized spacial score (nSPS) is 34.0. The number of hydrogen-bond acceptors (Lipinski definition) is 4. The molecule has 3 aliphatic rings. The van der Waals surface area contributed by atoms with Crippen LogP contribution in [0.5, 0.6) is 0 Å². The Morgan fingerprint density at radius 1 is 1.08 bits per heavy atom. The van der Waals surface area contributed by atoms with E-state index in [9.17, 15) is 5.11 Å². The van der Waals surface area contributed by atoms with Crippen molar-refractivity contribution in [2.45, 2.75) is 37.8 Å². The molecule has 3 aliphatic heterocycles. The minimum absolute atomic E-state index is 0.0648. The summed E-state index contributed by atoms with van der Waals surface area (Å²) in [4.78, 5) is 5.24. The first kappa shape index (κ1) is 16.5. The second-order valence-corrected chi connectivity index (χ2v) is 7.83. The Balaban J connectivity index is 1.42. The van der Waals surface area contributed by atoms with Gasteiger partial charge in [0.2, 0.25) is 0 Å². The van der Waals surface area contributed by atoms with Crippen LogP contribution in [-0.2, 0) is 11.2 Å². The van der Waals surface area contributed by atoms with Crippen LogP contribution < -0.4 is 0 Å². The largest absolute Gasteiger partial charge is 0.396 e. The average molecular weight is 330 g/mol. The lowest BCUT2D eigenvalue weighted by molar-refractivity contribution is 0.0290. The van der Waals surface area contributed by atoms with Gasteiger partial charge in [-0.3, -0.25) is 9.80 Å². The van der Waals surface area contributed by atoms with Crippen molar-refractivity contribution >= 4 is 0 Å². The third kappa shape index (κ3) is 3.13. The predicted molar refractivity (Wildman–Crippen MR) is 95.1 cm³/mol. The van der Waals surface area contributed by atoms with Gasteiger partial charge in [0.05, 0.1) is 19.8 Å². The molecule has 3 fully saturated rings.